The third-order valence-electron chi connectivity index (χ3n) is 2.41. The van der Waals surface area contributed by atoms with Gasteiger partial charge >= 0.3 is 0 Å². The van der Waals surface area contributed by atoms with Gasteiger partial charge in [-0.25, -0.2) is 4.98 Å². The van der Waals surface area contributed by atoms with E-state index in [1.807, 2.05) is 42.5 Å². The molecule has 17 heavy (non-hydrogen) atoms. The van der Waals surface area contributed by atoms with E-state index >= 15 is 0 Å². The fourth-order valence-corrected chi connectivity index (χ4v) is 1.90. The summed E-state index contributed by atoms with van der Waals surface area (Å²) in [4.78, 5) is 4.17. The smallest absolute Gasteiger partial charge is 0.140 e. The van der Waals surface area contributed by atoms with Gasteiger partial charge in [-0.1, -0.05) is 30.3 Å². The zero-order chi connectivity index (χ0) is 12.1. The number of nitrogens with one attached hydrogen (secondary N) is 1. The van der Waals surface area contributed by atoms with E-state index in [0.29, 0.717) is 6.54 Å². The van der Waals surface area contributed by atoms with Crippen LogP contribution in [0.5, 0.6) is 0 Å². The molecule has 2 rings (SSSR count). The number of aliphatic hydroxyl groups is 1. The van der Waals surface area contributed by atoms with Gasteiger partial charge in [-0.05, 0) is 33.6 Å². The molecule has 0 radical (unpaired) electrons. The first kappa shape index (κ1) is 12.1. The van der Waals surface area contributed by atoms with E-state index in [1.165, 1.54) is 0 Å². The van der Waals surface area contributed by atoms with Crippen molar-refractivity contribution in [2.24, 2.45) is 0 Å². The minimum absolute atomic E-state index is 0.430. The van der Waals surface area contributed by atoms with Crippen molar-refractivity contribution >= 4 is 21.7 Å². The molecule has 1 aromatic heterocycles. The van der Waals surface area contributed by atoms with Crippen LogP contribution in [0.2, 0.25) is 0 Å². The van der Waals surface area contributed by atoms with Gasteiger partial charge in [0.15, 0.2) is 0 Å². The second kappa shape index (κ2) is 5.80. The summed E-state index contributed by atoms with van der Waals surface area (Å²) in [6.45, 7) is 0.430. The predicted molar refractivity (Wildman–Crippen MR) is 71.8 cm³/mol. The molecule has 0 aliphatic rings. The molecule has 0 bridgehead atoms. The molecule has 0 aliphatic carbocycles. The lowest BCUT2D eigenvalue weighted by Gasteiger charge is -2.13. The van der Waals surface area contributed by atoms with Gasteiger partial charge in [0.2, 0.25) is 0 Å². The third kappa shape index (κ3) is 3.28. The van der Waals surface area contributed by atoms with Crippen LogP contribution in [0.1, 0.15) is 11.7 Å². The van der Waals surface area contributed by atoms with Crippen LogP contribution in [0, 0.1) is 0 Å². The standard InChI is InChI=1S/C13H13BrN2O/c14-11-7-4-8-15-13(11)16-9-12(17)10-5-2-1-3-6-10/h1-8,12,17H,9H2,(H,15,16). The molecule has 1 heterocycles. The van der Waals surface area contributed by atoms with Gasteiger partial charge in [-0.3, -0.25) is 0 Å². The van der Waals surface area contributed by atoms with Crippen molar-refractivity contribution in [3.63, 3.8) is 0 Å². The summed E-state index contributed by atoms with van der Waals surface area (Å²) < 4.78 is 0.889. The molecule has 0 fully saturated rings. The molecular weight excluding hydrogens is 280 g/mol. The van der Waals surface area contributed by atoms with Crippen LogP contribution < -0.4 is 5.32 Å². The fourth-order valence-electron chi connectivity index (χ4n) is 1.50. The van der Waals surface area contributed by atoms with Crippen molar-refractivity contribution < 1.29 is 5.11 Å². The molecule has 1 atom stereocenters. The SMILES string of the molecule is OC(CNc1ncccc1Br)c1ccccc1. The lowest BCUT2D eigenvalue weighted by Crippen LogP contribution is -2.13. The summed E-state index contributed by atoms with van der Waals surface area (Å²) in [6.07, 6.45) is 1.17. The highest BCUT2D eigenvalue weighted by molar-refractivity contribution is 9.10. The van der Waals surface area contributed by atoms with Crippen LogP contribution in [0.4, 0.5) is 5.82 Å². The number of rotatable bonds is 4. The van der Waals surface area contributed by atoms with E-state index in [-0.39, 0.29) is 0 Å². The monoisotopic (exact) mass is 292 g/mol. The summed E-state index contributed by atoms with van der Waals surface area (Å²) >= 11 is 3.40. The summed E-state index contributed by atoms with van der Waals surface area (Å²) in [6, 6.07) is 13.3. The normalized spacial score (nSPS) is 12.1. The quantitative estimate of drug-likeness (QED) is 0.911. The Hall–Kier alpha value is -1.39. The van der Waals surface area contributed by atoms with Gasteiger partial charge in [0.1, 0.15) is 5.82 Å². The van der Waals surface area contributed by atoms with Crippen LogP contribution in [0.15, 0.2) is 53.1 Å². The number of hydrogen-bond acceptors (Lipinski definition) is 3. The Balaban J connectivity index is 1.97. The Morgan fingerprint density at radius 1 is 1.18 bits per heavy atom. The van der Waals surface area contributed by atoms with Gasteiger partial charge in [0, 0.05) is 12.7 Å². The third-order valence-corrected chi connectivity index (χ3v) is 3.05. The highest BCUT2D eigenvalue weighted by atomic mass is 79.9. The number of hydrogen-bond donors (Lipinski definition) is 2. The van der Waals surface area contributed by atoms with Crippen LogP contribution in [0.25, 0.3) is 0 Å². The summed E-state index contributed by atoms with van der Waals surface area (Å²) in [5.41, 5.74) is 0.895. The second-order valence-corrected chi connectivity index (χ2v) is 4.50. The highest BCUT2D eigenvalue weighted by Crippen LogP contribution is 2.19. The Bertz CT molecular complexity index is 476. The minimum atomic E-state index is -0.537. The molecule has 0 amide bonds. The molecule has 2 N–H and O–H groups in total. The molecular formula is C13H13BrN2O. The maximum Gasteiger partial charge on any atom is 0.140 e. The molecule has 3 nitrogen and oxygen atoms in total. The van der Waals surface area contributed by atoms with Crippen molar-refractivity contribution in [3.8, 4) is 0 Å². The van der Waals surface area contributed by atoms with Crippen LogP contribution in [-0.4, -0.2) is 16.6 Å². The second-order valence-electron chi connectivity index (χ2n) is 3.64. The number of nitrogens with zero attached hydrogens (tertiary/aromatic N) is 1. The summed E-state index contributed by atoms with van der Waals surface area (Å²) in [5, 5.41) is 13.1. The molecule has 0 spiro atoms. The maximum absolute atomic E-state index is 9.97. The van der Waals surface area contributed by atoms with E-state index in [9.17, 15) is 5.11 Å². The average Bonchev–Trinajstić information content (AvgIpc) is 2.38. The zero-order valence-corrected chi connectivity index (χ0v) is 10.8. The largest absolute Gasteiger partial charge is 0.387 e. The van der Waals surface area contributed by atoms with Gasteiger partial charge < -0.3 is 10.4 Å². The number of halogens is 1. The number of aromatic nitrogens is 1. The van der Waals surface area contributed by atoms with Gasteiger partial charge in [0.25, 0.3) is 0 Å². The number of benzene rings is 1. The van der Waals surface area contributed by atoms with E-state index < -0.39 is 6.10 Å². The number of pyridine rings is 1. The van der Waals surface area contributed by atoms with Gasteiger partial charge in [-0.2, -0.15) is 0 Å². The van der Waals surface area contributed by atoms with Crippen molar-refractivity contribution in [2.75, 3.05) is 11.9 Å². The summed E-state index contributed by atoms with van der Waals surface area (Å²) in [7, 11) is 0. The van der Waals surface area contributed by atoms with Crippen LogP contribution in [0.3, 0.4) is 0 Å². The van der Waals surface area contributed by atoms with Gasteiger partial charge in [-0.15, -0.1) is 0 Å². The van der Waals surface area contributed by atoms with Crippen molar-refractivity contribution in [2.45, 2.75) is 6.10 Å². The van der Waals surface area contributed by atoms with Crippen molar-refractivity contribution in [3.05, 3.63) is 58.7 Å². The molecule has 0 aliphatic heterocycles. The Morgan fingerprint density at radius 2 is 1.94 bits per heavy atom. The van der Waals surface area contributed by atoms with E-state index in [2.05, 4.69) is 26.2 Å². The van der Waals surface area contributed by atoms with E-state index in [4.69, 9.17) is 0 Å². The van der Waals surface area contributed by atoms with Crippen LogP contribution >= 0.6 is 15.9 Å². The van der Waals surface area contributed by atoms with E-state index in [1.54, 1.807) is 6.20 Å². The van der Waals surface area contributed by atoms with Crippen molar-refractivity contribution in [1.82, 2.24) is 4.98 Å². The van der Waals surface area contributed by atoms with Crippen molar-refractivity contribution in [1.29, 1.82) is 0 Å². The Kier molecular flexibility index (Phi) is 4.12. The molecule has 4 heteroatoms. The molecule has 88 valence electrons. The van der Waals surface area contributed by atoms with E-state index in [0.717, 1.165) is 15.9 Å². The lowest BCUT2D eigenvalue weighted by atomic mass is 10.1. The molecule has 2 aromatic rings. The highest BCUT2D eigenvalue weighted by Gasteiger charge is 2.07. The molecule has 1 aromatic carbocycles. The number of aliphatic hydroxyl groups excluding tert-OH is 1. The van der Waals surface area contributed by atoms with Crippen LogP contribution in [-0.2, 0) is 0 Å². The molecule has 0 saturated carbocycles. The Morgan fingerprint density at radius 3 is 2.65 bits per heavy atom. The topological polar surface area (TPSA) is 45.1 Å². The maximum atomic E-state index is 9.97. The lowest BCUT2D eigenvalue weighted by molar-refractivity contribution is 0.191. The Labute approximate surface area is 109 Å². The first-order valence-corrected chi connectivity index (χ1v) is 6.14. The first-order chi connectivity index (χ1) is 8.27. The van der Waals surface area contributed by atoms with Gasteiger partial charge in [0.05, 0.1) is 10.6 Å². The zero-order valence-electron chi connectivity index (χ0n) is 9.18. The first-order valence-electron chi connectivity index (χ1n) is 5.35. The fraction of sp³-hybridized carbons (Fsp3) is 0.154. The minimum Gasteiger partial charge on any atom is -0.387 e. The average molecular weight is 293 g/mol. The predicted octanol–water partition coefficient (Wildman–Crippen LogP) is 2.99. The summed E-state index contributed by atoms with van der Waals surface area (Å²) in [5.74, 6) is 0.738. The number of anilines is 1. The molecule has 0 saturated heterocycles. The molecule has 1 unspecified atom stereocenters.